The van der Waals surface area contributed by atoms with Gasteiger partial charge in [0, 0.05) is 48.5 Å². The highest BCUT2D eigenvalue weighted by atomic mass is 19.4. The molecule has 0 aliphatic rings. The summed E-state index contributed by atoms with van der Waals surface area (Å²) in [7, 11) is 0. The van der Waals surface area contributed by atoms with E-state index in [1.807, 2.05) is 6.07 Å². The molecule has 0 amide bonds. The molecule has 1 aromatic carbocycles. The molecule has 5 aromatic rings. The molecule has 7 nitrogen and oxygen atoms in total. The van der Waals surface area contributed by atoms with Crippen LogP contribution in [-0.4, -0.2) is 31.3 Å². The Labute approximate surface area is 193 Å². The van der Waals surface area contributed by atoms with E-state index in [9.17, 15) is 22.8 Å². The van der Waals surface area contributed by atoms with Crippen molar-refractivity contribution in [3.05, 3.63) is 65.9 Å². The van der Waals surface area contributed by atoms with E-state index in [1.54, 1.807) is 6.92 Å². The van der Waals surface area contributed by atoms with Crippen molar-refractivity contribution in [2.75, 3.05) is 11.9 Å². The van der Waals surface area contributed by atoms with Crippen molar-refractivity contribution in [1.82, 2.24) is 24.7 Å². The minimum absolute atomic E-state index is 0.0144. The minimum atomic E-state index is -4.73. The number of nitriles is 1. The van der Waals surface area contributed by atoms with Crippen LogP contribution in [0.15, 0.2) is 43.0 Å². The molecule has 0 aliphatic carbocycles. The van der Waals surface area contributed by atoms with E-state index >= 15 is 4.39 Å². The predicted octanol–water partition coefficient (Wildman–Crippen LogP) is 5.56. The number of hydrogen-bond donors (Lipinski definition) is 2. The Morgan fingerprint density at radius 2 is 1.94 bits per heavy atom. The number of H-pyrrole nitrogens is 1. The first-order valence-electron chi connectivity index (χ1n) is 10.3. The second-order valence-electron chi connectivity index (χ2n) is 7.59. The normalized spacial score (nSPS) is 11.8. The molecule has 5 rings (SSSR count). The Hall–Kier alpha value is -4.53. The van der Waals surface area contributed by atoms with Crippen molar-refractivity contribution in [1.29, 1.82) is 5.26 Å². The van der Waals surface area contributed by atoms with Gasteiger partial charge in [0.25, 0.3) is 0 Å². The molecule has 0 aliphatic heterocycles. The summed E-state index contributed by atoms with van der Waals surface area (Å²) < 4.78 is 70.8. The number of nitrogens with one attached hydrogen (secondary N) is 2. The Bertz CT molecular complexity index is 1640. The van der Waals surface area contributed by atoms with Gasteiger partial charge < -0.3 is 10.3 Å². The molecule has 176 valence electrons. The van der Waals surface area contributed by atoms with Gasteiger partial charge in [-0.3, -0.25) is 4.98 Å². The van der Waals surface area contributed by atoms with Crippen molar-refractivity contribution in [3.8, 4) is 22.9 Å². The minimum Gasteiger partial charge on any atom is -0.384 e. The van der Waals surface area contributed by atoms with E-state index in [-0.39, 0.29) is 44.4 Å². The van der Waals surface area contributed by atoms with E-state index in [0.29, 0.717) is 12.1 Å². The molecule has 4 heterocycles. The van der Waals surface area contributed by atoms with E-state index in [4.69, 9.17) is 0 Å². The molecule has 35 heavy (non-hydrogen) atoms. The molecule has 4 aromatic heterocycles. The molecular weight excluding hydrogens is 469 g/mol. The first kappa shape index (κ1) is 22.3. The van der Waals surface area contributed by atoms with Crippen LogP contribution in [0.5, 0.6) is 0 Å². The summed E-state index contributed by atoms with van der Waals surface area (Å²) in [5.74, 6) is -2.34. The molecule has 0 saturated heterocycles. The molecule has 0 fully saturated rings. The summed E-state index contributed by atoms with van der Waals surface area (Å²) in [5.41, 5.74) is 0.142. The van der Waals surface area contributed by atoms with Crippen LogP contribution in [0.4, 0.5) is 27.6 Å². The van der Waals surface area contributed by atoms with Crippen molar-refractivity contribution in [2.45, 2.75) is 13.1 Å². The number of aromatic nitrogens is 5. The highest BCUT2D eigenvalue weighted by Gasteiger charge is 2.34. The van der Waals surface area contributed by atoms with Gasteiger partial charge in [-0.15, -0.1) is 0 Å². The topological polar surface area (TPSA) is 95.2 Å². The van der Waals surface area contributed by atoms with Gasteiger partial charge >= 0.3 is 6.18 Å². The van der Waals surface area contributed by atoms with Gasteiger partial charge in [-0.05, 0) is 19.1 Å². The zero-order chi connectivity index (χ0) is 24.9. The van der Waals surface area contributed by atoms with Crippen molar-refractivity contribution >= 4 is 27.6 Å². The number of nitrogens with zero attached hydrogens (tertiary/aromatic N) is 5. The van der Waals surface area contributed by atoms with Gasteiger partial charge in [-0.25, -0.2) is 18.4 Å². The van der Waals surface area contributed by atoms with Crippen LogP contribution in [0.3, 0.4) is 0 Å². The fourth-order valence-corrected chi connectivity index (χ4v) is 3.97. The lowest BCUT2D eigenvalue weighted by Crippen LogP contribution is -2.08. The predicted molar refractivity (Wildman–Crippen MR) is 118 cm³/mol. The van der Waals surface area contributed by atoms with E-state index in [0.717, 1.165) is 23.0 Å². The number of rotatable bonds is 4. The summed E-state index contributed by atoms with van der Waals surface area (Å²) in [6.45, 7) is 2.18. The monoisotopic (exact) mass is 483 g/mol. The maximum absolute atomic E-state index is 15.2. The third-order valence-corrected chi connectivity index (χ3v) is 5.42. The average molecular weight is 483 g/mol. The number of fused-ring (bicyclic) bond motifs is 3. The third kappa shape index (κ3) is 3.61. The Morgan fingerprint density at radius 1 is 1.14 bits per heavy atom. The number of anilines is 1. The summed E-state index contributed by atoms with van der Waals surface area (Å²) >= 11 is 0. The van der Waals surface area contributed by atoms with Crippen LogP contribution in [0.1, 0.15) is 18.2 Å². The maximum atomic E-state index is 15.2. The number of aromatic amines is 1. The number of halogens is 5. The second kappa shape index (κ2) is 8.05. The van der Waals surface area contributed by atoms with E-state index in [1.165, 1.54) is 24.7 Å². The van der Waals surface area contributed by atoms with Gasteiger partial charge in [0.15, 0.2) is 17.3 Å². The van der Waals surface area contributed by atoms with Crippen molar-refractivity contribution in [3.63, 3.8) is 0 Å². The molecule has 0 unspecified atom stereocenters. The highest BCUT2D eigenvalue weighted by Crippen LogP contribution is 2.40. The third-order valence-electron chi connectivity index (χ3n) is 5.42. The van der Waals surface area contributed by atoms with Crippen LogP contribution in [0.2, 0.25) is 0 Å². The van der Waals surface area contributed by atoms with Crippen LogP contribution < -0.4 is 5.32 Å². The molecule has 12 heteroatoms. The van der Waals surface area contributed by atoms with Crippen molar-refractivity contribution in [2.24, 2.45) is 0 Å². The van der Waals surface area contributed by atoms with Crippen LogP contribution >= 0.6 is 0 Å². The summed E-state index contributed by atoms with van der Waals surface area (Å²) in [6.07, 6.45) is 0.395. The van der Waals surface area contributed by atoms with Crippen LogP contribution in [0, 0.1) is 23.0 Å². The molecule has 0 saturated carbocycles. The molecule has 0 spiro atoms. The summed E-state index contributed by atoms with van der Waals surface area (Å²) in [6, 6.07) is 5.17. The Balaban J connectivity index is 1.94. The second-order valence-corrected chi connectivity index (χ2v) is 7.59. The standard InChI is InChI=1S/C23H14F5N7/c1-2-31-15-6-14(24)19(25)17-18-21(35-4-3-16(34-35)23(26,27)28)13(10-32-22(18)33-20(15)17)12-5-11(7-29)8-30-9-12/h3-6,8-10,31H,2H2,1H3,(H,32,33). The maximum Gasteiger partial charge on any atom is 0.435 e. The van der Waals surface area contributed by atoms with Gasteiger partial charge in [0.05, 0.1) is 33.2 Å². The zero-order valence-corrected chi connectivity index (χ0v) is 17.9. The lowest BCUT2D eigenvalue weighted by Gasteiger charge is -2.12. The largest absolute Gasteiger partial charge is 0.435 e. The quantitative estimate of drug-likeness (QED) is 0.326. The fraction of sp³-hybridized carbons (Fsp3) is 0.130. The lowest BCUT2D eigenvalue weighted by molar-refractivity contribution is -0.141. The SMILES string of the molecule is CCNc1cc(F)c(F)c2c1[nH]c1ncc(-c3cncc(C#N)c3)c(-n3ccc(C(F)(F)F)n3)c12. The highest BCUT2D eigenvalue weighted by molar-refractivity contribution is 6.15. The zero-order valence-electron chi connectivity index (χ0n) is 17.9. The number of alkyl halides is 3. The first-order chi connectivity index (χ1) is 16.7. The van der Waals surface area contributed by atoms with Crippen molar-refractivity contribution < 1.29 is 22.0 Å². The van der Waals surface area contributed by atoms with Crippen LogP contribution in [0.25, 0.3) is 38.8 Å². The van der Waals surface area contributed by atoms with E-state index in [2.05, 4.69) is 25.4 Å². The lowest BCUT2D eigenvalue weighted by atomic mass is 10.0. The van der Waals surface area contributed by atoms with Gasteiger partial charge in [-0.2, -0.15) is 23.5 Å². The Morgan fingerprint density at radius 3 is 2.63 bits per heavy atom. The molecule has 0 atom stereocenters. The van der Waals surface area contributed by atoms with Gasteiger partial charge in [0.1, 0.15) is 11.7 Å². The number of hydrogen-bond acceptors (Lipinski definition) is 5. The molecule has 0 radical (unpaired) electrons. The smallest absolute Gasteiger partial charge is 0.384 e. The summed E-state index contributed by atoms with van der Waals surface area (Å²) in [4.78, 5) is 11.3. The van der Waals surface area contributed by atoms with Gasteiger partial charge in [-0.1, -0.05) is 0 Å². The number of pyridine rings is 2. The molecule has 2 N–H and O–H groups in total. The Kier molecular flexibility index (Phi) is 5.12. The number of benzene rings is 1. The molecule has 0 bridgehead atoms. The van der Waals surface area contributed by atoms with Crippen LogP contribution in [-0.2, 0) is 6.18 Å². The van der Waals surface area contributed by atoms with Gasteiger partial charge in [0.2, 0.25) is 0 Å². The first-order valence-corrected chi connectivity index (χ1v) is 10.3. The summed E-state index contributed by atoms with van der Waals surface area (Å²) in [5, 5.41) is 15.7. The fourth-order valence-electron chi connectivity index (χ4n) is 3.97. The molecular formula is C23H14F5N7. The average Bonchev–Trinajstić information content (AvgIpc) is 3.48. The van der Waals surface area contributed by atoms with E-state index < -0.39 is 23.5 Å².